The fourth-order valence-corrected chi connectivity index (χ4v) is 5.60. The van der Waals surface area contributed by atoms with E-state index >= 15 is 0 Å². The van der Waals surface area contributed by atoms with E-state index in [0.717, 1.165) is 0 Å². The molecule has 0 saturated heterocycles. The van der Waals surface area contributed by atoms with Gasteiger partial charge < -0.3 is 8.60 Å². The van der Waals surface area contributed by atoms with Gasteiger partial charge in [-0.1, -0.05) is 32.4 Å². The smallest absolute Gasteiger partial charge is 0.200 e. The molecule has 2 aromatic rings. The Balaban J connectivity index is 2.05. The van der Waals surface area contributed by atoms with Crippen molar-refractivity contribution in [2.24, 2.45) is 0 Å². The summed E-state index contributed by atoms with van der Waals surface area (Å²) in [5.41, 5.74) is 0.445. The molecule has 8 heteroatoms. The van der Waals surface area contributed by atoms with Gasteiger partial charge in [-0.05, 0) is 37.0 Å². The molecule has 1 saturated carbocycles. The van der Waals surface area contributed by atoms with Crippen LogP contribution in [0, 0.1) is 0 Å². The fourth-order valence-electron chi connectivity index (χ4n) is 2.68. The summed E-state index contributed by atoms with van der Waals surface area (Å²) in [5, 5.41) is -0.325. The Morgan fingerprint density at radius 3 is 2.58 bits per heavy atom. The Labute approximate surface area is 151 Å². The number of hydrogen-bond acceptors (Lipinski definition) is 6. The molecule has 0 amide bonds. The highest BCUT2D eigenvalue weighted by Crippen LogP contribution is 2.41. The van der Waals surface area contributed by atoms with E-state index in [0.29, 0.717) is 24.2 Å². The summed E-state index contributed by atoms with van der Waals surface area (Å²) >= 11 is 7.49. The van der Waals surface area contributed by atoms with E-state index in [1.54, 1.807) is 12.1 Å². The third-order valence-corrected chi connectivity index (χ3v) is 7.24. The van der Waals surface area contributed by atoms with Crippen molar-refractivity contribution in [3.05, 3.63) is 23.0 Å². The largest absolute Gasteiger partial charge is 0.439 e. The van der Waals surface area contributed by atoms with Crippen molar-refractivity contribution in [3.8, 4) is 0 Å². The first-order chi connectivity index (χ1) is 11.1. The zero-order chi connectivity index (χ0) is 17.7. The number of sulfone groups is 1. The lowest BCUT2D eigenvalue weighted by molar-refractivity contribution is 0.151. The monoisotopic (exact) mass is 389 g/mol. The van der Waals surface area contributed by atoms with Crippen LogP contribution in [0.25, 0.3) is 11.1 Å². The molecule has 1 aromatic heterocycles. The molecule has 0 atom stereocenters. The van der Waals surface area contributed by atoms with E-state index in [4.69, 9.17) is 20.2 Å². The lowest BCUT2D eigenvalue weighted by Gasteiger charge is -2.33. The minimum absolute atomic E-state index is 0.0300. The van der Waals surface area contributed by atoms with Crippen molar-refractivity contribution in [2.45, 2.75) is 55.3 Å². The minimum Gasteiger partial charge on any atom is -0.439 e. The topological polar surface area (TPSA) is 69.4 Å². The summed E-state index contributed by atoms with van der Waals surface area (Å²) in [6, 6.07) is 3.26. The molecule has 1 aromatic carbocycles. The second-order valence-electron chi connectivity index (χ2n) is 7.02. The highest BCUT2D eigenvalue weighted by Gasteiger charge is 2.43. The van der Waals surface area contributed by atoms with E-state index in [1.165, 1.54) is 12.0 Å². The number of oxazole rings is 1. The van der Waals surface area contributed by atoms with Gasteiger partial charge in [0, 0.05) is 11.7 Å². The average Bonchev–Trinajstić information content (AvgIpc) is 2.85. The van der Waals surface area contributed by atoms with Crippen LogP contribution in [-0.4, -0.2) is 31.0 Å². The lowest BCUT2D eigenvalue weighted by Crippen LogP contribution is -2.40. The molecule has 1 aliphatic rings. The third kappa shape index (κ3) is 3.07. The van der Waals surface area contributed by atoms with Crippen LogP contribution >= 0.6 is 23.6 Å². The predicted molar refractivity (Wildman–Crippen MR) is 96.3 cm³/mol. The third-order valence-electron chi connectivity index (χ3n) is 4.11. The van der Waals surface area contributed by atoms with Gasteiger partial charge in [0.1, 0.15) is 10.4 Å². The number of halogens is 1. The summed E-state index contributed by atoms with van der Waals surface area (Å²) in [6.07, 6.45) is 2.73. The number of hydrogen-bond donors (Lipinski definition) is 0. The summed E-state index contributed by atoms with van der Waals surface area (Å²) in [6.45, 7) is 5.89. The van der Waals surface area contributed by atoms with Gasteiger partial charge >= 0.3 is 0 Å². The lowest BCUT2D eigenvalue weighted by atomic mass is 9.96. The van der Waals surface area contributed by atoms with E-state index in [9.17, 15) is 8.42 Å². The Bertz CT molecular complexity index is 864. The number of fused-ring (bicyclic) bond motifs is 1. The van der Waals surface area contributed by atoms with Crippen molar-refractivity contribution in [3.63, 3.8) is 0 Å². The van der Waals surface area contributed by atoms with Crippen LogP contribution in [0.2, 0.25) is 5.02 Å². The highest BCUT2D eigenvalue weighted by molar-refractivity contribution is 7.94. The summed E-state index contributed by atoms with van der Waals surface area (Å²) < 4.78 is 37.2. The maximum atomic E-state index is 13.0. The molecule has 3 rings (SSSR count). The Hall–Kier alpha value is -0.760. The van der Waals surface area contributed by atoms with E-state index in [2.05, 4.69) is 4.98 Å². The maximum Gasteiger partial charge on any atom is 0.200 e. The Morgan fingerprint density at radius 2 is 2.00 bits per heavy atom. The molecular weight excluding hydrogens is 370 g/mol. The summed E-state index contributed by atoms with van der Waals surface area (Å²) in [5.74, 6) is 0.494. The Kier molecular flexibility index (Phi) is 4.66. The van der Waals surface area contributed by atoms with Crippen LogP contribution in [0.5, 0.6) is 0 Å². The van der Waals surface area contributed by atoms with Crippen molar-refractivity contribution in [2.75, 3.05) is 6.26 Å². The minimum atomic E-state index is -3.60. The van der Waals surface area contributed by atoms with Gasteiger partial charge in [-0.15, -0.1) is 0 Å². The maximum absolute atomic E-state index is 13.0. The van der Waals surface area contributed by atoms with E-state index in [-0.39, 0.29) is 27.0 Å². The number of rotatable bonds is 4. The van der Waals surface area contributed by atoms with Crippen molar-refractivity contribution < 1.29 is 17.0 Å². The van der Waals surface area contributed by atoms with Gasteiger partial charge in [0.15, 0.2) is 15.4 Å². The standard InChI is InChI=1S/C16H20ClNO4S2/c1-16(2,3)15-18-12-6-5-11(17)14(13(12)21-15)24(19,20)10-7-9(8-10)22-23-4/h5-6,9-10H,7-8H2,1-4H3. The van der Waals surface area contributed by atoms with Crippen LogP contribution in [-0.2, 0) is 19.4 Å². The molecule has 5 nitrogen and oxygen atoms in total. The first-order valence-electron chi connectivity index (χ1n) is 7.67. The van der Waals surface area contributed by atoms with Gasteiger partial charge in [-0.25, -0.2) is 13.4 Å². The second-order valence-corrected chi connectivity index (χ2v) is 10.1. The quantitative estimate of drug-likeness (QED) is 0.723. The van der Waals surface area contributed by atoms with Gasteiger partial charge in [0.25, 0.3) is 0 Å². The van der Waals surface area contributed by atoms with Crippen molar-refractivity contribution >= 4 is 44.6 Å². The van der Waals surface area contributed by atoms with Gasteiger partial charge in [-0.3, -0.25) is 0 Å². The van der Waals surface area contributed by atoms with Gasteiger partial charge in [0.2, 0.25) is 5.89 Å². The normalized spacial score (nSPS) is 21.9. The van der Waals surface area contributed by atoms with Crippen molar-refractivity contribution in [1.29, 1.82) is 0 Å². The van der Waals surface area contributed by atoms with Crippen LogP contribution < -0.4 is 0 Å². The molecule has 0 aliphatic heterocycles. The molecule has 0 radical (unpaired) electrons. The molecule has 0 bridgehead atoms. The molecule has 24 heavy (non-hydrogen) atoms. The SMILES string of the molecule is CSOC1CC(S(=O)(=O)c2c(Cl)ccc3nc(C(C)(C)C)oc23)C1. The molecule has 0 unspecified atom stereocenters. The van der Waals surface area contributed by atoms with Crippen LogP contribution in [0.3, 0.4) is 0 Å². The molecule has 1 fully saturated rings. The van der Waals surface area contributed by atoms with Crippen LogP contribution in [0.15, 0.2) is 21.4 Å². The van der Waals surface area contributed by atoms with E-state index in [1.807, 2.05) is 27.0 Å². The number of benzene rings is 1. The van der Waals surface area contributed by atoms with Crippen LogP contribution in [0.1, 0.15) is 39.5 Å². The van der Waals surface area contributed by atoms with Gasteiger partial charge in [-0.2, -0.15) is 0 Å². The molecule has 0 N–H and O–H groups in total. The predicted octanol–water partition coefficient (Wildman–Crippen LogP) is 4.38. The molecule has 132 valence electrons. The van der Waals surface area contributed by atoms with Gasteiger partial charge in [0.05, 0.1) is 16.4 Å². The second kappa shape index (κ2) is 6.20. The van der Waals surface area contributed by atoms with Crippen LogP contribution in [0.4, 0.5) is 0 Å². The number of aromatic nitrogens is 1. The zero-order valence-corrected chi connectivity index (χ0v) is 16.4. The molecule has 0 spiro atoms. The first-order valence-corrected chi connectivity index (χ1v) is 10.7. The zero-order valence-electron chi connectivity index (χ0n) is 14.0. The molecule has 1 heterocycles. The first kappa shape index (κ1) is 18.0. The molecular formula is C16H20ClNO4S2. The fraction of sp³-hybridized carbons (Fsp3) is 0.562. The highest BCUT2D eigenvalue weighted by atomic mass is 35.5. The summed E-state index contributed by atoms with van der Waals surface area (Å²) in [7, 11) is -3.60. The number of nitrogens with zero attached hydrogens (tertiary/aromatic N) is 1. The summed E-state index contributed by atoms with van der Waals surface area (Å²) in [4.78, 5) is 4.48. The molecule has 1 aliphatic carbocycles. The van der Waals surface area contributed by atoms with E-state index < -0.39 is 15.1 Å². The average molecular weight is 390 g/mol. The Morgan fingerprint density at radius 1 is 1.33 bits per heavy atom. The van der Waals surface area contributed by atoms with Crippen molar-refractivity contribution in [1.82, 2.24) is 4.98 Å².